The molecule has 0 aliphatic heterocycles. The summed E-state index contributed by atoms with van der Waals surface area (Å²) < 4.78 is 41.5. The zero-order valence-corrected chi connectivity index (χ0v) is 12.1. The van der Waals surface area contributed by atoms with Crippen LogP contribution >= 0.6 is 0 Å². The maximum atomic E-state index is 12.8. The van der Waals surface area contributed by atoms with Crippen molar-refractivity contribution in [3.63, 3.8) is 0 Å². The first-order valence-corrected chi connectivity index (χ1v) is 6.84. The van der Waals surface area contributed by atoms with Crippen molar-refractivity contribution < 1.29 is 13.2 Å². The van der Waals surface area contributed by atoms with Gasteiger partial charge in [-0.1, -0.05) is 17.3 Å². The van der Waals surface area contributed by atoms with Crippen molar-refractivity contribution in [2.75, 3.05) is 0 Å². The summed E-state index contributed by atoms with van der Waals surface area (Å²) in [6, 6.07) is 4.84. The van der Waals surface area contributed by atoms with E-state index in [1.54, 1.807) is 30.2 Å². The van der Waals surface area contributed by atoms with Crippen LogP contribution in [0.25, 0.3) is 0 Å². The van der Waals surface area contributed by atoms with Crippen molar-refractivity contribution in [3.8, 4) is 0 Å². The van der Waals surface area contributed by atoms with Crippen LogP contribution < -0.4 is 0 Å². The Morgan fingerprint density at radius 1 is 1.26 bits per heavy atom. The summed E-state index contributed by atoms with van der Waals surface area (Å²) in [6.45, 7) is 2.17. The lowest BCUT2D eigenvalue weighted by Crippen LogP contribution is -2.10. The van der Waals surface area contributed by atoms with Gasteiger partial charge in [-0.05, 0) is 24.6 Å². The van der Waals surface area contributed by atoms with Gasteiger partial charge in [0.05, 0.1) is 24.3 Å². The van der Waals surface area contributed by atoms with Crippen molar-refractivity contribution in [2.45, 2.75) is 25.7 Å². The maximum absolute atomic E-state index is 12.8. The Bertz CT molecular complexity index is 778. The van der Waals surface area contributed by atoms with Gasteiger partial charge in [-0.2, -0.15) is 18.3 Å². The summed E-state index contributed by atoms with van der Waals surface area (Å²) >= 11 is 0. The van der Waals surface area contributed by atoms with Crippen molar-refractivity contribution in [3.05, 3.63) is 59.9 Å². The van der Waals surface area contributed by atoms with Crippen LogP contribution in [0.1, 0.15) is 29.8 Å². The second kappa shape index (κ2) is 5.82. The number of alkyl halides is 3. The predicted octanol–water partition coefficient (Wildman–Crippen LogP) is 2.55. The van der Waals surface area contributed by atoms with Gasteiger partial charge in [0.15, 0.2) is 0 Å². The minimum Gasteiger partial charge on any atom is -0.247 e. The Labute approximate surface area is 129 Å². The highest BCUT2D eigenvalue weighted by Gasteiger charge is 2.30. The molecule has 1 aromatic carbocycles. The van der Waals surface area contributed by atoms with Gasteiger partial charge >= 0.3 is 6.18 Å². The Balaban J connectivity index is 1.81. The molecule has 2 heterocycles. The molecule has 6 nitrogen and oxygen atoms in total. The molecule has 120 valence electrons. The molecule has 0 saturated carbocycles. The molecule has 1 atom stereocenters. The summed E-state index contributed by atoms with van der Waals surface area (Å²) in [4.78, 5) is 3.83. The molecule has 0 saturated heterocycles. The molecule has 0 radical (unpaired) electrons. The first kappa shape index (κ1) is 15.2. The van der Waals surface area contributed by atoms with Gasteiger partial charge in [-0.15, -0.1) is 5.10 Å². The smallest absolute Gasteiger partial charge is 0.247 e. The minimum atomic E-state index is -4.36. The van der Waals surface area contributed by atoms with Crippen molar-refractivity contribution in [1.29, 1.82) is 0 Å². The van der Waals surface area contributed by atoms with E-state index in [0.717, 1.165) is 12.1 Å². The summed E-state index contributed by atoms with van der Waals surface area (Å²) in [5.74, 6) is 0. The van der Waals surface area contributed by atoms with E-state index < -0.39 is 11.7 Å². The third-order valence-electron chi connectivity index (χ3n) is 3.44. The SMILES string of the molecule is CC(c1cccc(C(F)(F)F)c1)n1cc(Cn2cncn2)nn1. The molecular weight excluding hydrogens is 309 g/mol. The Hall–Kier alpha value is -2.71. The van der Waals surface area contributed by atoms with Crippen LogP contribution in [-0.2, 0) is 12.7 Å². The molecule has 0 aliphatic carbocycles. The van der Waals surface area contributed by atoms with E-state index in [-0.39, 0.29) is 6.04 Å². The van der Waals surface area contributed by atoms with E-state index in [0.29, 0.717) is 17.8 Å². The third-order valence-corrected chi connectivity index (χ3v) is 3.44. The molecule has 3 aromatic rings. The number of nitrogens with zero attached hydrogens (tertiary/aromatic N) is 6. The van der Waals surface area contributed by atoms with E-state index in [4.69, 9.17) is 0 Å². The molecule has 0 fully saturated rings. The Morgan fingerprint density at radius 3 is 2.78 bits per heavy atom. The number of halogens is 3. The summed E-state index contributed by atoms with van der Waals surface area (Å²) in [6.07, 6.45) is 0.286. The quantitative estimate of drug-likeness (QED) is 0.740. The van der Waals surface area contributed by atoms with Crippen LogP contribution in [0.5, 0.6) is 0 Å². The summed E-state index contributed by atoms with van der Waals surface area (Å²) in [7, 11) is 0. The lowest BCUT2D eigenvalue weighted by Gasteiger charge is -2.14. The van der Waals surface area contributed by atoms with Crippen molar-refractivity contribution in [1.82, 2.24) is 29.8 Å². The van der Waals surface area contributed by atoms with Crippen LogP contribution in [0, 0.1) is 0 Å². The highest BCUT2D eigenvalue weighted by Crippen LogP contribution is 2.31. The van der Waals surface area contributed by atoms with Gasteiger partial charge in [0.25, 0.3) is 0 Å². The molecule has 0 spiro atoms. The maximum Gasteiger partial charge on any atom is 0.416 e. The fraction of sp³-hybridized carbons (Fsp3) is 0.286. The lowest BCUT2D eigenvalue weighted by atomic mass is 10.1. The standard InChI is InChI=1S/C14H13F3N6/c1-10(11-3-2-4-12(5-11)14(15,16)17)23-7-13(20-21-23)6-22-9-18-8-19-22/h2-5,7-10H,6H2,1H3. The molecule has 0 bridgehead atoms. The molecule has 23 heavy (non-hydrogen) atoms. The first-order valence-electron chi connectivity index (χ1n) is 6.84. The number of benzene rings is 1. The van der Waals surface area contributed by atoms with Gasteiger partial charge in [0, 0.05) is 0 Å². The molecule has 0 amide bonds. The van der Waals surface area contributed by atoms with Gasteiger partial charge in [-0.25, -0.2) is 14.3 Å². The van der Waals surface area contributed by atoms with Crippen LogP contribution in [0.15, 0.2) is 43.1 Å². The molecule has 0 aliphatic rings. The normalized spacial score (nSPS) is 13.2. The van der Waals surface area contributed by atoms with E-state index in [1.165, 1.54) is 17.1 Å². The summed E-state index contributed by atoms with van der Waals surface area (Å²) in [5, 5.41) is 12.0. The van der Waals surface area contributed by atoms with Gasteiger partial charge in [-0.3, -0.25) is 0 Å². The second-order valence-electron chi connectivity index (χ2n) is 5.08. The zero-order valence-electron chi connectivity index (χ0n) is 12.1. The zero-order chi connectivity index (χ0) is 16.4. The van der Waals surface area contributed by atoms with Gasteiger partial charge in [0.2, 0.25) is 0 Å². The van der Waals surface area contributed by atoms with Crippen LogP contribution in [-0.4, -0.2) is 29.8 Å². The minimum absolute atomic E-state index is 0.366. The molecule has 9 heteroatoms. The summed E-state index contributed by atoms with van der Waals surface area (Å²) in [5.41, 5.74) is 0.483. The Kier molecular flexibility index (Phi) is 3.85. The van der Waals surface area contributed by atoms with Crippen molar-refractivity contribution in [2.24, 2.45) is 0 Å². The van der Waals surface area contributed by atoms with Crippen molar-refractivity contribution >= 4 is 0 Å². The van der Waals surface area contributed by atoms with E-state index in [1.807, 2.05) is 0 Å². The van der Waals surface area contributed by atoms with Crippen LogP contribution in [0.4, 0.5) is 13.2 Å². The van der Waals surface area contributed by atoms with Crippen LogP contribution in [0.2, 0.25) is 0 Å². The number of hydrogen-bond acceptors (Lipinski definition) is 4. The number of hydrogen-bond donors (Lipinski definition) is 0. The topological polar surface area (TPSA) is 61.4 Å². The third kappa shape index (κ3) is 3.38. The highest BCUT2D eigenvalue weighted by molar-refractivity contribution is 5.28. The average molecular weight is 322 g/mol. The second-order valence-corrected chi connectivity index (χ2v) is 5.08. The highest BCUT2D eigenvalue weighted by atomic mass is 19.4. The molecule has 2 aromatic heterocycles. The largest absolute Gasteiger partial charge is 0.416 e. The molecule has 0 N–H and O–H groups in total. The fourth-order valence-electron chi connectivity index (χ4n) is 2.18. The predicted molar refractivity (Wildman–Crippen MR) is 74.4 cm³/mol. The van der Waals surface area contributed by atoms with E-state index >= 15 is 0 Å². The Morgan fingerprint density at radius 2 is 2.09 bits per heavy atom. The van der Waals surface area contributed by atoms with Gasteiger partial charge < -0.3 is 0 Å². The first-order chi connectivity index (χ1) is 10.9. The van der Waals surface area contributed by atoms with E-state index in [2.05, 4.69) is 20.4 Å². The van der Waals surface area contributed by atoms with Crippen LogP contribution in [0.3, 0.4) is 0 Å². The van der Waals surface area contributed by atoms with E-state index in [9.17, 15) is 13.2 Å². The molecular formula is C14H13F3N6. The van der Waals surface area contributed by atoms with Gasteiger partial charge in [0.1, 0.15) is 18.3 Å². The molecule has 3 rings (SSSR count). The fourth-order valence-corrected chi connectivity index (χ4v) is 2.18. The monoisotopic (exact) mass is 322 g/mol. The lowest BCUT2D eigenvalue weighted by molar-refractivity contribution is -0.137. The average Bonchev–Trinajstić information content (AvgIpc) is 3.18. The number of rotatable bonds is 4. The number of aromatic nitrogens is 6. The molecule has 1 unspecified atom stereocenters.